The number of hydrogen-bond donors (Lipinski definition) is 1. The maximum absolute atomic E-state index is 12.4. The molecule has 0 bridgehead atoms. The van der Waals surface area contributed by atoms with Crippen molar-refractivity contribution in [3.05, 3.63) is 58.2 Å². The van der Waals surface area contributed by atoms with Crippen molar-refractivity contribution in [2.75, 3.05) is 31.2 Å². The van der Waals surface area contributed by atoms with Gasteiger partial charge in [0.15, 0.2) is 5.69 Å². The molecule has 1 aromatic heterocycles. The van der Waals surface area contributed by atoms with E-state index in [4.69, 9.17) is 16.3 Å². The Bertz CT molecular complexity index is 1040. The lowest BCUT2D eigenvalue weighted by atomic mass is 10.1. The van der Waals surface area contributed by atoms with Gasteiger partial charge in [-0.15, -0.1) is 0 Å². The van der Waals surface area contributed by atoms with E-state index in [2.05, 4.69) is 4.90 Å². The lowest BCUT2D eigenvalue weighted by Crippen LogP contribution is -2.37. The van der Waals surface area contributed by atoms with Crippen molar-refractivity contribution in [3.63, 3.8) is 0 Å². The minimum atomic E-state index is -0.970. The first-order chi connectivity index (χ1) is 13.0. The molecular weight excluding hydrogens is 364 g/mol. The molecule has 0 amide bonds. The van der Waals surface area contributed by atoms with Crippen LogP contribution in [0.4, 0.5) is 5.69 Å². The Hall–Kier alpha value is -2.50. The topological polar surface area (TPSA) is 54.7 Å². The summed E-state index contributed by atoms with van der Waals surface area (Å²) in [5.41, 5.74) is 4.53. The van der Waals surface area contributed by atoms with Crippen LogP contribution in [0.2, 0.25) is 5.02 Å². The van der Waals surface area contributed by atoms with E-state index in [0.717, 1.165) is 27.7 Å². The molecule has 0 saturated carbocycles. The fourth-order valence-corrected chi connectivity index (χ4v) is 4.00. The number of anilines is 1. The van der Waals surface area contributed by atoms with Gasteiger partial charge in [0, 0.05) is 24.2 Å². The second kappa shape index (κ2) is 6.91. The highest BCUT2D eigenvalue weighted by Gasteiger charge is 2.29. The van der Waals surface area contributed by atoms with Crippen molar-refractivity contribution in [1.29, 1.82) is 0 Å². The van der Waals surface area contributed by atoms with Gasteiger partial charge in [-0.05, 0) is 43.2 Å². The zero-order valence-electron chi connectivity index (χ0n) is 15.3. The lowest BCUT2D eigenvalue weighted by Gasteiger charge is -2.29. The van der Waals surface area contributed by atoms with Gasteiger partial charge < -0.3 is 19.3 Å². The number of fused-ring (bicyclic) bond motifs is 1. The molecule has 1 fully saturated rings. The SMILES string of the molecule is Cc1cccc(-n2c(C(=O)O)c(N3CCOCC3)c3c(Cl)c(C)ccc32)c1. The molecule has 0 unspecified atom stereocenters. The van der Waals surface area contributed by atoms with Crippen LogP contribution in [0, 0.1) is 13.8 Å². The highest BCUT2D eigenvalue weighted by Crippen LogP contribution is 2.42. The maximum atomic E-state index is 12.4. The van der Waals surface area contributed by atoms with Crippen molar-refractivity contribution in [2.45, 2.75) is 13.8 Å². The zero-order chi connectivity index (χ0) is 19.1. The predicted octanol–water partition coefficient (Wildman–Crippen LogP) is 4.44. The summed E-state index contributed by atoms with van der Waals surface area (Å²) in [4.78, 5) is 14.5. The molecule has 2 aromatic carbocycles. The smallest absolute Gasteiger partial charge is 0.355 e. The van der Waals surface area contributed by atoms with E-state index in [-0.39, 0.29) is 5.69 Å². The van der Waals surface area contributed by atoms with E-state index >= 15 is 0 Å². The summed E-state index contributed by atoms with van der Waals surface area (Å²) in [5.74, 6) is -0.970. The number of aryl methyl sites for hydroxylation is 2. The first kappa shape index (κ1) is 17.9. The van der Waals surface area contributed by atoms with E-state index in [1.54, 1.807) is 4.57 Å². The number of nitrogens with zero attached hydrogens (tertiary/aromatic N) is 2. The molecule has 140 valence electrons. The van der Waals surface area contributed by atoms with Crippen molar-refractivity contribution in [3.8, 4) is 5.69 Å². The Morgan fingerprint density at radius 2 is 1.89 bits per heavy atom. The van der Waals surface area contributed by atoms with Gasteiger partial charge in [0.05, 0.1) is 29.4 Å². The number of carboxylic acid groups (broad SMARTS) is 1. The number of halogens is 1. The average Bonchev–Trinajstić information content (AvgIpc) is 3.01. The molecule has 1 aliphatic heterocycles. The highest BCUT2D eigenvalue weighted by molar-refractivity contribution is 6.38. The van der Waals surface area contributed by atoms with Gasteiger partial charge in [-0.1, -0.05) is 29.8 Å². The van der Waals surface area contributed by atoms with Crippen LogP contribution in [0.25, 0.3) is 16.6 Å². The first-order valence-electron chi connectivity index (χ1n) is 8.95. The van der Waals surface area contributed by atoms with E-state index in [9.17, 15) is 9.90 Å². The maximum Gasteiger partial charge on any atom is 0.355 e. The third-order valence-corrected chi connectivity index (χ3v) is 5.52. The van der Waals surface area contributed by atoms with Gasteiger partial charge in [-0.2, -0.15) is 0 Å². The third kappa shape index (κ3) is 2.97. The molecule has 0 spiro atoms. The van der Waals surface area contributed by atoms with Crippen LogP contribution < -0.4 is 4.90 Å². The standard InChI is InChI=1S/C21H21ClN2O3/c1-13-4-3-5-15(12-13)24-16-7-6-14(2)18(22)17(16)19(20(24)21(25)26)23-8-10-27-11-9-23/h3-7,12H,8-11H2,1-2H3,(H,25,26). The number of rotatable bonds is 3. The summed E-state index contributed by atoms with van der Waals surface area (Å²) < 4.78 is 7.27. The van der Waals surface area contributed by atoms with Gasteiger partial charge in [0.2, 0.25) is 0 Å². The van der Waals surface area contributed by atoms with E-state index in [1.165, 1.54) is 0 Å². The summed E-state index contributed by atoms with van der Waals surface area (Å²) in [7, 11) is 0. The summed E-state index contributed by atoms with van der Waals surface area (Å²) in [5, 5.41) is 11.5. The zero-order valence-corrected chi connectivity index (χ0v) is 16.1. The number of hydrogen-bond acceptors (Lipinski definition) is 3. The number of carboxylic acids is 1. The van der Waals surface area contributed by atoms with Gasteiger partial charge in [-0.25, -0.2) is 4.79 Å². The van der Waals surface area contributed by atoms with Crippen LogP contribution in [0.1, 0.15) is 21.6 Å². The Morgan fingerprint density at radius 3 is 2.56 bits per heavy atom. The molecule has 0 aliphatic carbocycles. The Balaban J connectivity index is 2.12. The summed E-state index contributed by atoms with van der Waals surface area (Å²) in [6.07, 6.45) is 0. The molecule has 27 heavy (non-hydrogen) atoms. The van der Waals surface area contributed by atoms with Crippen molar-refractivity contribution >= 4 is 34.2 Å². The molecular formula is C21H21ClN2O3. The Labute approximate surface area is 162 Å². The number of aromatic carboxylic acids is 1. The van der Waals surface area contributed by atoms with E-state index in [0.29, 0.717) is 37.0 Å². The van der Waals surface area contributed by atoms with E-state index in [1.807, 2.05) is 50.2 Å². The van der Waals surface area contributed by atoms with Gasteiger partial charge in [-0.3, -0.25) is 0 Å². The van der Waals surface area contributed by atoms with Crippen LogP contribution in [0.5, 0.6) is 0 Å². The molecule has 1 aliphatic rings. The van der Waals surface area contributed by atoms with Gasteiger partial charge in [0.1, 0.15) is 0 Å². The predicted molar refractivity (Wildman–Crippen MR) is 108 cm³/mol. The fraction of sp³-hybridized carbons (Fsp3) is 0.286. The molecule has 0 radical (unpaired) electrons. The van der Waals surface area contributed by atoms with Gasteiger partial charge >= 0.3 is 5.97 Å². The fourth-order valence-electron chi connectivity index (χ4n) is 3.75. The van der Waals surface area contributed by atoms with Crippen LogP contribution in [-0.4, -0.2) is 41.9 Å². The van der Waals surface area contributed by atoms with Crippen molar-refractivity contribution < 1.29 is 14.6 Å². The quantitative estimate of drug-likeness (QED) is 0.725. The number of ether oxygens (including phenoxy) is 1. The molecule has 3 aromatic rings. The van der Waals surface area contributed by atoms with Crippen LogP contribution in [0.15, 0.2) is 36.4 Å². The molecule has 1 saturated heterocycles. The van der Waals surface area contributed by atoms with Crippen LogP contribution in [-0.2, 0) is 4.74 Å². The minimum absolute atomic E-state index is 0.241. The molecule has 2 heterocycles. The average molecular weight is 385 g/mol. The monoisotopic (exact) mass is 384 g/mol. The largest absolute Gasteiger partial charge is 0.476 e. The third-order valence-electron chi connectivity index (χ3n) is 5.03. The number of aromatic nitrogens is 1. The number of benzene rings is 2. The molecule has 0 atom stereocenters. The number of carbonyl (C=O) groups is 1. The first-order valence-corrected chi connectivity index (χ1v) is 9.33. The highest BCUT2D eigenvalue weighted by atomic mass is 35.5. The van der Waals surface area contributed by atoms with Gasteiger partial charge in [0.25, 0.3) is 0 Å². The minimum Gasteiger partial charge on any atom is -0.476 e. The Kier molecular flexibility index (Phi) is 4.58. The van der Waals surface area contributed by atoms with Crippen molar-refractivity contribution in [1.82, 2.24) is 4.57 Å². The summed E-state index contributed by atoms with van der Waals surface area (Å²) in [6.45, 7) is 6.35. The number of morpholine rings is 1. The molecule has 5 nitrogen and oxygen atoms in total. The normalized spacial score (nSPS) is 14.7. The molecule has 4 rings (SSSR count). The summed E-state index contributed by atoms with van der Waals surface area (Å²) in [6, 6.07) is 11.7. The lowest BCUT2D eigenvalue weighted by molar-refractivity contribution is 0.0688. The van der Waals surface area contributed by atoms with Crippen LogP contribution in [0.3, 0.4) is 0 Å². The van der Waals surface area contributed by atoms with Crippen molar-refractivity contribution in [2.24, 2.45) is 0 Å². The second-order valence-corrected chi connectivity index (χ2v) is 7.24. The molecule has 1 N–H and O–H groups in total. The van der Waals surface area contributed by atoms with E-state index < -0.39 is 5.97 Å². The molecule has 6 heteroatoms. The summed E-state index contributed by atoms with van der Waals surface area (Å²) >= 11 is 6.69. The second-order valence-electron chi connectivity index (χ2n) is 6.87. The Morgan fingerprint density at radius 1 is 1.15 bits per heavy atom. The van der Waals surface area contributed by atoms with Crippen LogP contribution >= 0.6 is 11.6 Å².